The lowest BCUT2D eigenvalue weighted by Gasteiger charge is -2.10. The minimum atomic E-state index is -0.396. The zero-order valence-corrected chi connectivity index (χ0v) is 16.5. The number of ether oxygens (including phenoxy) is 3. The molecule has 0 heterocycles. The lowest BCUT2D eigenvalue weighted by molar-refractivity contribution is -0.125. The summed E-state index contributed by atoms with van der Waals surface area (Å²) in [6, 6.07) is 23.2. The highest BCUT2D eigenvalue weighted by atomic mass is 16.5. The Balaban J connectivity index is 1.38. The third-order valence-electron chi connectivity index (χ3n) is 3.99. The van der Waals surface area contributed by atoms with Crippen LogP contribution in [-0.2, 0) is 9.59 Å². The predicted molar refractivity (Wildman–Crippen MR) is 113 cm³/mol. The standard InChI is InChI=1S/C23H22N2O5/c1-28-18-11-13-19(14-12-18)29-16-23(27)24-15-22(26)25-17-7-9-21(10-8-17)30-20-5-3-2-4-6-20/h2-14H,15-16H2,1H3,(H,24,27)(H,25,26). The molecule has 2 amide bonds. The first kappa shape index (κ1) is 20.7. The van der Waals surface area contributed by atoms with Gasteiger partial charge in [0.15, 0.2) is 6.61 Å². The van der Waals surface area contributed by atoms with E-state index in [2.05, 4.69) is 10.6 Å². The topological polar surface area (TPSA) is 85.9 Å². The molecule has 7 nitrogen and oxygen atoms in total. The number of anilines is 1. The van der Waals surface area contributed by atoms with Gasteiger partial charge >= 0.3 is 0 Å². The number of para-hydroxylation sites is 1. The summed E-state index contributed by atoms with van der Waals surface area (Å²) in [6.07, 6.45) is 0. The molecule has 0 radical (unpaired) electrons. The second kappa shape index (κ2) is 10.5. The van der Waals surface area contributed by atoms with Crippen LogP contribution < -0.4 is 24.8 Å². The van der Waals surface area contributed by atoms with Crippen molar-refractivity contribution in [1.82, 2.24) is 5.32 Å². The van der Waals surface area contributed by atoms with E-state index in [0.717, 1.165) is 5.75 Å². The molecule has 0 saturated carbocycles. The molecule has 7 heteroatoms. The molecule has 3 aromatic carbocycles. The molecule has 30 heavy (non-hydrogen) atoms. The summed E-state index contributed by atoms with van der Waals surface area (Å²) in [5.41, 5.74) is 0.601. The lowest BCUT2D eigenvalue weighted by atomic mass is 10.3. The van der Waals surface area contributed by atoms with Gasteiger partial charge in [0.25, 0.3) is 5.91 Å². The van der Waals surface area contributed by atoms with Crippen LogP contribution in [-0.4, -0.2) is 32.1 Å². The van der Waals surface area contributed by atoms with E-state index in [-0.39, 0.29) is 19.1 Å². The van der Waals surface area contributed by atoms with E-state index < -0.39 is 5.91 Å². The molecule has 0 aromatic heterocycles. The zero-order chi connectivity index (χ0) is 21.2. The van der Waals surface area contributed by atoms with Crippen molar-refractivity contribution in [3.8, 4) is 23.0 Å². The number of carbonyl (C=O) groups is 2. The van der Waals surface area contributed by atoms with E-state index in [1.54, 1.807) is 55.6 Å². The summed E-state index contributed by atoms with van der Waals surface area (Å²) < 4.78 is 16.1. The first-order chi connectivity index (χ1) is 14.6. The van der Waals surface area contributed by atoms with Crippen molar-refractivity contribution in [2.75, 3.05) is 25.6 Å². The number of nitrogens with one attached hydrogen (secondary N) is 2. The van der Waals surface area contributed by atoms with Crippen molar-refractivity contribution in [1.29, 1.82) is 0 Å². The summed E-state index contributed by atoms with van der Waals surface area (Å²) in [5, 5.41) is 5.23. The number of hydrogen-bond donors (Lipinski definition) is 2. The van der Waals surface area contributed by atoms with Crippen LogP contribution in [0.15, 0.2) is 78.9 Å². The fraction of sp³-hybridized carbons (Fsp3) is 0.130. The van der Waals surface area contributed by atoms with Crippen LogP contribution in [0.5, 0.6) is 23.0 Å². The van der Waals surface area contributed by atoms with Gasteiger partial charge in [0.05, 0.1) is 13.7 Å². The van der Waals surface area contributed by atoms with E-state index >= 15 is 0 Å². The molecule has 154 valence electrons. The van der Waals surface area contributed by atoms with E-state index in [4.69, 9.17) is 14.2 Å². The number of hydrogen-bond acceptors (Lipinski definition) is 5. The molecule has 0 bridgehead atoms. The Morgan fingerprint density at radius 3 is 2.00 bits per heavy atom. The second-order valence-corrected chi connectivity index (χ2v) is 6.23. The van der Waals surface area contributed by atoms with Crippen LogP contribution in [0.3, 0.4) is 0 Å². The first-order valence-corrected chi connectivity index (χ1v) is 9.29. The van der Waals surface area contributed by atoms with Crippen LogP contribution in [0.25, 0.3) is 0 Å². The number of benzene rings is 3. The van der Waals surface area contributed by atoms with Crippen LogP contribution in [0.1, 0.15) is 0 Å². The SMILES string of the molecule is COc1ccc(OCC(=O)NCC(=O)Nc2ccc(Oc3ccccc3)cc2)cc1. The van der Waals surface area contributed by atoms with E-state index in [9.17, 15) is 9.59 Å². The Kier molecular flexibility index (Phi) is 7.27. The monoisotopic (exact) mass is 406 g/mol. The maximum Gasteiger partial charge on any atom is 0.258 e. The molecule has 3 aromatic rings. The Morgan fingerprint density at radius 1 is 0.733 bits per heavy atom. The Morgan fingerprint density at radius 2 is 1.33 bits per heavy atom. The number of amides is 2. The van der Waals surface area contributed by atoms with Gasteiger partial charge in [0, 0.05) is 5.69 Å². The van der Waals surface area contributed by atoms with Crippen molar-refractivity contribution in [2.24, 2.45) is 0 Å². The van der Waals surface area contributed by atoms with Crippen molar-refractivity contribution in [3.05, 3.63) is 78.9 Å². The van der Waals surface area contributed by atoms with E-state index in [0.29, 0.717) is 22.9 Å². The van der Waals surface area contributed by atoms with Gasteiger partial charge in [0.1, 0.15) is 23.0 Å². The maximum atomic E-state index is 12.0. The molecule has 0 aliphatic rings. The van der Waals surface area contributed by atoms with Crippen molar-refractivity contribution < 1.29 is 23.8 Å². The zero-order valence-electron chi connectivity index (χ0n) is 16.5. The van der Waals surface area contributed by atoms with Gasteiger partial charge < -0.3 is 24.8 Å². The average molecular weight is 406 g/mol. The van der Waals surface area contributed by atoms with E-state index in [1.165, 1.54) is 0 Å². The highest BCUT2D eigenvalue weighted by Crippen LogP contribution is 2.22. The Bertz CT molecular complexity index is 957. The quantitative estimate of drug-likeness (QED) is 0.567. The maximum absolute atomic E-state index is 12.0. The van der Waals surface area contributed by atoms with Gasteiger partial charge in [-0.1, -0.05) is 18.2 Å². The molecule has 0 aliphatic carbocycles. The lowest BCUT2D eigenvalue weighted by Crippen LogP contribution is -2.35. The molecule has 3 rings (SSSR count). The number of rotatable bonds is 9. The third-order valence-corrected chi connectivity index (χ3v) is 3.99. The summed E-state index contributed by atoms with van der Waals surface area (Å²) >= 11 is 0. The Hall–Kier alpha value is -4.00. The van der Waals surface area contributed by atoms with Crippen LogP contribution >= 0.6 is 0 Å². The summed E-state index contributed by atoms with van der Waals surface area (Å²) in [7, 11) is 1.57. The van der Waals surface area contributed by atoms with Gasteiger partial charge in [-0.05, 0) is 60.7 Å². The molecule has 0 atom stereocenters. The minimum Gasteiger partial charge on any atom is -0.497 e. The fourth-order valence-corrected chi connectivity index (χ4v) is 2.49. The number of carbonyl (C=O) groups excluding carboxylic acids is 2. The van der Waals surface area contributed by atoms with Gasteiger partial charge in [0.2, 0.25) is 5.91 Å². The molecule has 2 N–H and O–H groups in total. The minimum absolute atomic E-state index is 0.160. The first-order valence-electron chi connectivity index (χ1n) is 9.29. The van der Waals surface area contributed by atoms with Crippen molar-refractivity contribution in [2.45, 2.75) is 0 Å². The molecule has 0 spiro atoms. The molecule has 0 unspecified atom stereocenters. The second-order valence-electron chi connectivity index (χ2n) is 6.23. The molecular weight excluding hydrogens is 384 g/mol. The van der Waals surface area contributed by atoms with E-state index in [1.807, 2.05) is 30.3 Å². The van der Waals surface area contributed by atoms with Gasteiger partial charge in [-0.25, -0.2) is 0 Å². The Labute approximate surface area is 174 Å². The summed E-state index contributed by atoms with van der Waals surface area (Å²) in [5.74, 6) is 1.88. The van der Waals surface area contributed by atoms with Crippen molar-refractivity contribution >= 4 is 17.5 Å². The smallest absolute Gasteiger partial charge is 0.258 e. The largest absolute Gasteiger partial charge is 0.497 e. The van der Waals surface area contributed by atoms with Gasteiger partial charge in [-0.2, -0.15) is 0 Å². The van der Waals surface area contributed by atoms with Crippen LogP contribution in [0.2, 0.25) is 0 Å². The van der Waals surface area contributed by atoms with Crippen LogP contribution in [0.4, 0.5) is 5.69 Å². The molecule has 0 fully saturated rings. The molecule has 0 saturated heterocycles. The highest BCUT2D eigenvalue weighted by Gasteiger charge is 2.07. The molecular formula is C23H22N2O5. The fourth-order valence-electron chi connectivity index (χ4n) is 2.49. The summed E-state index contributed by atoms with van der Waals surface area (Å²) in [6.45, 7) is -0.349. The summed E-state index contributed by atoms with van der Waals surface area (Å²) in [4.78, 5) is 23.9. The average Bonchev–Trinajstić information content (AvgIpc) is 2.78. The van der Waals surface area contributed by atoms with Gasteiger partial charge in [-0.3, -0.25) is 9.59 Å². The number of methoxy groups -OCH3 is 1. The van der Waals surface area contributed by atoms with Gasteiger partial charge in [-0.15, -0.1) is 0 Å². The normalized spacial score (nSPS) is 10.0. The third kappa shape index (κ3) is 6.56. The van der Waals surface area contributed by atoms with Crippen LogP contribution in [0, 0.1) is 0 Å². The highest BCUT2D eigenvalue weighted by molar-refractivity contribution is 5.94. The van der Waals surface area contributed by atoms with Crippen molar-refractivity contribution in [3.63, 3.8) is 0 Å². The predicted octanol–water partition coefficient (Wildman–Crippen LogP) is 3.62. The molecule has 0 aliphatic heterocycles.